The molecular formula is C7H13NO. The maximum Gasteiger partial charge on any atom is 0.109 e. The zero-order chi connectivity index (χ0) is 6.70. The molecule has 0 saturated carbocycles. The molecule has 0 radical (unpaired) electrons. The van der Waals surface area contributed by atoms with Crippen LogP contribution in [0.1, 0.15) is 13.8 Å². The monoisotopic (exact) mass is 127 g/mol. The fraction of sp³-hybridized carbons (Fsp3) is 1.00. The molecule has 9 heavy (non-hydrogen) atoms. The predicted molar refractivity (Wildman–Crippen MR) is 35.4 cm³/mol. The molecule has 2 fully saturated rings. The van der Waals surface area contributed by atoms with E-state index in [1.54, 1.807) is 0 Å². The van der Waals surface area contributed by atoms with Gasteiger partial charge in [-0.3, -0.25) is 0 Å². The Kier molecular flexibility index (Phi) is 0.746. The molecular weight excluding hydrogens is 114 g/mol. The van der Waals surface area contributed by atoms with Gasteiger partial charge in [-0.2, -0.15) is 0 Å². The van der Waals surface area contributed by atoms with Gasteiger partial charge in [-0.1, -0.05) is 0 Å². The molecule has 2 aliphatic heterocycles. The van der Waals surface area contributed by atoms with E-state index in [1.807, 2.05) is 0 Å². The molecule has 2 nitrogen and oxygen atoms in total. The van der Waals surface area contributed by atoms with Crippen molar-refractivity contribution >= 4 is 0 Å². The van der Waals surface area contributed by atoms with Crippen LogP contribution in [0.5, 0.6) is 0 Å². The Morgan fingerprint density at radius 2 is 1.67 bits per heavy atom. The number of fused-ring (bicyclic) bond motifs is 1. The molecule has 2 atom stereocenters. The van der Waals surface area contributed by atoms with Crippen molar-refractivity contribution < 1.29 is 4.74 Å². The highest BCUT2D eigenvalue weighted by Gasteiger charge is 2.68. The number of ether oxygens (including phenoxy) is 1. The van der Waals surface area contributed by atoms with Gasteiger partial charge in [0.15, 0.2) is 0 Å². The Morgan fingerprint density at radius 3 is 1.89 bits per heavy atom. The van der Waals surface area contributed by atoms with Gasteiger partial charge in [-0.15, -0.1) is 0 Å². The van der Waals surface area contributed by atoms with Crippen molar-refractivity contribution in [3.8, 4) is 0 Å². The van der Waals surface area contributed by atoms with Gasteiger partial charge in [0.1, 0.15) is 11.2 Å². The molecule has 0 aliphatic carbocycles. The van der Waals surface area contributed by atoms with E-state index in [9.17, 15) is 0 Å². The molecule has 52 valence electrons. The summed E-state index contributed by atoms with van der Waals surface area (Å²) in [4.78, 5) is 2.32. The minimum atomic E-state index is 0.196. The van der Waals surface area contributed by atoms with Crippen LogP contribution < -0.4 is 0 Å². The van der Waals surface area contributed by atoms with E-state index >= 15 is 0 Å². The van der Waals surface area contributed by atoms with Gasteiger partial charge in [-0.05, 0) is 20.9 Å². The lowest BCUT2D eigenvalue weighted by molar-refractivity contribution is 0.166. The smallest absolute Gasteiger partial charge is 0.109 e. The van der Waals surface area contributed by atoms with Crippen molar-refractivity contribution in [2.24, 2.45) is 0 Å². The molecule has 0 amide bonds. The summed E-state index contributed by atoms with van der Waals surface area (Å²) in [5.41, 5.74) is 0.392. The zero-order valence-electron chi connectivity index (χ0n) is 6.27. The quantitative estimate of drug-likeness (QED) is 0.440. The minimum Gasteiger partial charge on any atom is -0.360 e. The number of hydrogen-bond donors (Lipinski definition) is 0. The maximum atomic E-state index is 5.56. The third-order valence-electron chi connectivity index (χ3n) is 2.67. The summed E-state index contributed by atoms with van der Waals surface area (Å²) in [5.74, 6) is 0. The number of morpholine rings is 1. The van der Waals surface area contributed by atoms with Crippen LogP contribution in [-0.2, 0) is 4.74 Å². The van der Waals surface area contributed by atoms with Gasteiger partial charge < -0.3 is 9.64 Å². The van der Waals surface area contributed by atoms with Crippen molar-refractivity contribution in [1.82, 2.24) is 4.90 Å². The second-order valence-corrected chi connectivity index (χ2v) is 3.74. The zero-order valence-corrected chi connectivity index (χ0v) is 6.27. The highest BCUT2D eigenvalue weighted by molar-refractivity contribution is 5.18. The predicted octanol–water partition coefficient (Wildman–Crippen LogP) is 0.479. The average molecular weight is 127 g/mol. The van der Waals surface area contributed by atoms with Crippen LogP contribution in [0.15, 0.2) is 0 Å². The first-order valence-electron chi connectivity index (χ1n) is 3.45. The van der Waals surface area contributed by atoms with Gasteiger partial charge in [0.05, 0.1) is 0 Å². The number of nitrogens with zero attached hydrogens (tertiary/aromatic N) is 1. The Bertz CT molecular complexity index is 143. The maximum absolute atomic E-state index is 5.56. The first kappa shape index (κ1) is 5.69. The second-order valence-electron chi connectivity index (χ2n) is 3.74. The van der Waals surface area contributed by atoms with Crippen molar-refractivity contribution in [2.75, 3.05) is 20.1 Å². The lowest BCUT2D eigenvalue weighted by atomic mass is 10.0. The van der Waals surface area contributed by atoms with E-state index in [1.165, 1.54) is 0 Å². The fourth-order valence-corrected chi connectivity index (χ4v) is 1.96. The Hall–Kier alpha value is -0.0800. The lowest BCUT2D eigenvalue weighted by Crippen LogP contribution is -2.22. The summed E-state index contributed by atoms with van der Waals surface area (Å²) in [6.45, 7) is 6.58. The van der Waals surface area contributed by atoms with E-state index in [2.05, 4.69) is 25.8 Å². The Labute approximate surface area is 55.8 Å². The highest BCUT2D eigenvalue weighted by Crippen LogP contribution is 2.52. The summed E-state index contributed by atoms with van der Waals surface area (Å²) < 4.78 is 5.56. The average Bonchev–Trinajstić information content (AvgIpc) is 1.97. The molecule has 2 rings (SSSR count). The molecule has 2 heterocycles. The molecule has 0 aromatic carbocycles. The van der Waals surface area contributed by atoms with E-state index in [0.29, 0.717) is 0 Å². The van der Waals surface area contributed by atoms with E-state index in [0.717, 1.165) is 13.1 Å². The van der Waals surface area contributed by atoms with Crippen LogP contribution in [-0.4, -0.2) is 36.2 Å². The Morgan fingerprint density at radius 1 is 1.22 bits per heavy atom. The lowest BCUT2D eigenvalue weighted by Gasteiger charge is -2.10. The van der Waals surface area contributed by atoms with Crippen LogP contribution in [0.2, 0.25) is 0 Å². The van der Waals surface area contributed by atoms with Crippen LogP contribution >= 0.6 is 0 Å². The molecule has 0 aromatic heterocycles. The SMILES string of the molecule is CN1CC2(C)OC2(C)C1. The van der Waals surface area contributed by atoms with E-state index in [-0.39, 0.29) is 11.2 Å². The number of likely N-dealkylation sites (tertiary alicyclic amines) is 1. The van der Waals surface area contributed by atoms with Crippen molar-refractivity contribution in [3.05, 3.63) is 0 Å². The van der Waals surface area contributed by atoms with Gasteiger partial charge in [0, 0.05) is 13.1 Å². The third kappa shape index (κ3) is 0.528. The molecule has 2 heteroatoms. The van der Waals surface area contributed by atoms with Crippen molar-refractivity contribution in [2.45, 2.75) is 25.0 Å². The van der Waals surface area contributed by atoms with E-state index in [4.69, 9.17) is 4.74 Å². The minimum absolute atomic E-state index is 0.196. The van der Waals surface area contributed by atoms with E-state index < -0.39 is 0 Å². The normalized spacial score (nSPS) is 57.7. The van der Waals surface area contributed by atoms with Gasteiger partial charge >= 0.3 is 0 Å². The molecule has 2 unspecified atom stereocenters. The van der Waals surface area contributed by atoms with Gasteiger partial charge in [0.25, 0.3) is 0 Å². The third-order valence-corrected chi connectivity index (χ3v) is 2.67. The molecule has 0 bridgehead atoms. The number of likely N-dealkylation sites (N-methyl/N-ethyl adjacent to an activating group) is 1. The largest absolute Gasteiger partial charge is 0.360 e. The first-order chi connectivity index (χ1) is 4.06. The summed E-state index contributed by atoms with van der Waals surface area (Å²) in [7, 11) is 2.14. The number of epoxide rings is 1. The van der Waals surface area contributed by atoms with Gasteiger partial charge in [0.2, 0.25) is 0 Å². The summed E-state index contributed by atoms with van der Waals surface area (Å²) >= 11 is 0. The molecule has 2 aliphatic rings. The fourth-order valence-electron chi connectivity index (χ4n) is 1.96. The molecule has 2 saturated heterocycles. The van der Waals surface area contributed by atoms with Crippen LogP contribution in [0.4, 0.5) is 0 Å². The summed E-state index contributed by atoms with van der Waals surface area (Å²) in [6.07, 6.45) is 0. The molecule has 0 spiro atoms. The highest BCUT2D eigenvalue weighted by atomic mass is 16.6. The van der Waals surface area contributed by atoms with Crippen LogP contribution in [0, 0.1) is 0 Å². The topological polar surface area (TPSA) is 15.8 Å². The van der Waals surface area contributed by atoms with Gasteiger partial charge in [-0.25, -0.2) is 0 Å². The van der Waals surface area contributed by atoms with Crippen LogP contribution in [0.3, 0.4) is 0 Å². The summed E-state index contributed by atoms with van der Waals surface area (Å²) in [5, 5.41) is 0. The molecule has 0 N–H and O–H groups in total. The second kappa shape index (κ2) is 1.18. The van der Waals surface area contributed by atoms with Crippen molar-refractivity contribution in [1.29, 1.82) is 0 Å². The standard InChI is InChI=1S/C7H13NO/c1-6-4-8(3)5-7(6,2)9-6/h4-5H2,1-3H3. The molecule has 0 aromatic rings. The van der Waals surface area contributed by atoms with Crippen molar-refractivity contribution in [3.63, 3.8) is 0 Å². The van der Waals surface area contributed by atoms with Crippen LogP contribution in [0.25, 0.3) is 0 Å². The summed E-state index contributed by atoms with van der Waals surface area (Å²) in [6, 6.07) is 0. The number of rotatable bonds is 0. The first-order valence-corrected chi connectivity index (χ1v) is 3.45. The number of hydrogen-bond acceptors (Lipinski definition) is 2. The Balaban J connectivity index is 2.20.